The third-order valence-electron chi connectivity index (χ3n) is 7.02. The molecule has 0 atom stereocenters. The summed E-state index contributed by atoms with van der Waals surface area (Å²) in [5, 5.41) is 3.02. The summed E-state index contributed by atoms with van der Waals surface area (Å²) >= 11 is 0. The molecule has 0 aliphatic heterocycles. The van der Waals surface area contributed by atoms with Gasteiger partial charge in [0.15, 0.2) is 11.4 Å². The monoisotopic (exact) mass is 520 g/mol. The molecule has 0 unspecified atom stereocenters. The molecule has 0 amide bonds. The van der Waals surface area contributed by atoms with Gasteiger partial charge in [-0.05, 0) is 49.3 Å². The van der Waals surface area contributed by atoms with Crippen molar-refractivity contribution in [2.75, 3.05) is 5.32 Å². The second-order valence-corrected chi connectivity index (χ2v) is 10.0. The third-order valence-corrected chi connectivity index (χ3v) is 7.02. The van der Waals surface area contributed by atoms with Crippen LogP contribution in [-0.2, 0) is 25.3 Å². The number of Topliss-reactive ketones (excluding diaryl/α,β-unsaturated/α-hetero) is 1. The van der Waals surface area contributed by atoms with Crippen molar-refractivity contribution in [3.8, 4) is 11.5 Å². The molecule has 6 rings (SSSR count). The summed E-state index contributed by atoms with van der Waals surface area (Å²) in [6.07, 6.45) is 5.77. The molecule has 0 radical (unpaired) electrons. The van der Waals surface area contributed by atoms with E-state index in [0.717, 1.165) is 31.2 Å². The van der Waals surface area contributed by atoms with Crippen LogP contribution in [-0.4, -0.2) is 29.9 Å². The number of ketones is 1. The number of fused-ring (bicyclic) bond motifs is 1. The number of ether oxygens (including phenoxy) is 1. The molecule has 4 aromatic heterocycles. The molecule has 2 fully saturated rings. The van der Waals surface area contributed by atoms with Crippen molar-refractivity contribution in [3.63, 3.8) is 0 Å². The third kappa shape index (κ3) is 4.64. The number of rotatable bonds is 9. The van der Waals surface area contributed by atoms with E-state index in [4.69, 9.17) is 4.74 Å². The lowest BCUT2D eigenvalue weighted by molar-refractivity contribution is -0.119. The first-order chi connectivity index (χ1) is 18.3. The molecule has 38 heavy (non-hydrogen) atoms. The minimum atomic E-state index is -2.89. The molecule has 2 saturated carbocycles. The van der Waals surface area contributed by atoms with Gasteiger partial charge in [-0.3, -0.25) is 14.6 Å². The first-order valence-corrected chi connectivity index (χ1v) is 12.5. The molecule has 4 aromatic rings. The molecule has 0 aromatic carbocycles. The lowest BCUT2D eigenvalue weighted by Crippen LogP contribution is -2.20. The fourth-order valence-electron chi connectivity index (χ4n) is 4.64. The van der Waals surface area contributed by atoms with Crippen molar-refractivity contribution in [2.24, 2.45) is 20.0 Å². The Hall–Kier alpha value is -4.15. The van der Waals surface area contributed by atoms with Gasteiger partial charge in [-0.15, -0.1) is 0 Å². The highest BCUT2D eigenvalue weighted by molar-refractivity contribution is 5.85. The van der Waals surface area contributed by atoms with Crippen molar-refractivity contribution in [3.05, 3.63) is 64.0 Å². The Morgan fingerprint density at radius 2 is 1.97 bits per heavy atom. The molecule has 0 bridgehead atoms. The quantitative estimate of drug-likeness (QED) is 0.334. The molecule has 4 heterocycles. The van der Waals surface area contributed by atoms with E-state index in [9.17, 15) is 18.4 Å². The Morgan fingerprint density at radius 1 is 1.18 bits per heavy atom. The predicted octanol–water partition coefficient (Wildman–Crippen LogP) is 4.93. The van der Waals surface area contributed by atoms with Gasteiger partial charge in [0.25, 0.3) is 12.0 Å². The SMILES string of the molecule is Cn1cc(C2CC2)cc(Nc2nc3ncc(Oc4ccnc(CC(=O)C5CC5)c4)c(C(F)F)c3n2C)c1=O. The van der Waals surface area contributed by atoms with Gasteiger partial charge in [0.1, 0.15) is 22.7 Å². The fraction of sp³-hybridized carbons (Fsp3) is 0.370. The standard InChI is InChI=1S/C27H26F2N6O3/c1-34-13-16(14-3-4-14)9-19(26(34)37)32-27-33-25-23(35(27)2)22(24(28)29)21(12-31-25)38-18-7-8-30-17(10-18)11-20(36)15-5-6-15/h7-10,12-15,24H,3-6,11H2,1-2H3,(H,31,32,33). The summed E-state index contributed by atoms with van der Waals surface area (Å²) in [7, 11) is 3.26. The first-order valence-electron chi connectivity index (χ1n) is 12.5. The average molecular weight is 521 g/mol. The van der Waals surface area contributed by atoms with E-state index in [0.29, 0.717) is 17.3 Å². The van der Waals surface area contributed by atoms with Crippen molar-refractivity contribution in [2.45, 2.75) is 44.4 Å². The normalized spacial score (nSPS) is 15.3. The van der Waals surface area contributed by atoms with Crippen molar-refractivity contribution in [1.82, 2.24) is 24.1 Å². The summed E-state index contributed by atoms with van der Waals surface area (Å²) in [5.41, 5.74) is 1.45. The Kier molecular flexibility index (Phi) is 5.93. The summed E-state index contributed by atoms with van der Waals surface area (Å²) < 4.78 is 37.6. The number of carbonyl (C=O) groups excluding carboxylic acids is 1. The summed E-state index contributed by atoms with van der Waals surface area (Å²) in [6, 6.07) is 4.92. The molecule has 0 spiro atoms. The van der Waals surface area contributed by atoms with E-state index in [1.54, 1.807) is 32.3 Å². The van der Waals surface area contributed by atoms with Crippen molar-refractivity contribution < 1.29 is 18.3 Å². The largest absolute Gasteiger partial charge is 0.455 e. The van der Waals surface area contributed by atoms with Crippen LogP contribution in [0.4, 0.5) is 20.4 Å². The van der Waals surface area contributed by atoms with E-state index < -0.39 is 6.43 Å². The zero-order valence-electron chi connectivity index (χ0n) is 20.9. The van der Waals surface area contributed by atoms with Crippen LogP contribution in [0, 0.1) is 5.92 Å². The number of halogens is 2. The summed E-state index contributed by atoms with van der Waals surface area (Å²) in [4.78, 5) is 37.8. The number of imidazole rings is 1. The van der Waals surface area contributed by atoms with Crippen LogP contribution in [0.15, 0.2) is 41.6 Å². The van der Waals surface area contributed by atoms with Gasteiger partial charge in [-0.25, -0.2) is 13.8 Å². The van der Waals surface area contributed by atoms with Gasteiger partial charge in [-0.2, -0.15) is 4.98 Å². The Bertz CT molecular complexity index is 1620. The number of hydrogen-bond acceptors (Lipinski definition) is 7. The van der Waals surface area contributed by atoms with Gasteiger partial charge < -0.3 is 19.2 Å². The van der Waals surface area contributed by atoms with Crippen LogP contribution in [0.2, 0.25) is 0 Å². The van der Waals surface area contributed by atoms with Crippen LogP contribution in [0.1, 0.15) is 54.8 Å². The van der Waals surface area contributed by atoms with Gasteiger partial charge in [0.05, 0.1) is 17.5 Å². The van der Waals surface area contributed by atoms with Gasteiger partial charge >= 0.3 is 0 Å². The topological polar surface area (TPSA) is 104 Å². The maximum Gasteiger partial charge on any atom is 0.274 e. The number of nitrogens with zero attached hydrogens (tertiary/aromatic N) is 5. The second-order valence-electron chi connectivity index (χ2n) is 10.0. The van der Waals surface area contributed by atoms with Crippen molar-refractivity contribution >= 4 is 28.6 Å². The smallest absolute Gasteiger partial charge is 0.274 e. The van der Waals surface area contributed by atoms with Gasteiger partial charge in [-0.1, -0.05) is 0 Å². The zero-order chi connectivity index (χ0) is 26.6. The van der Waals surface area contributed by atoms with Crippen molar-refractivity contribution in [1.29, 1.82) is 0 Å². The minimum absolute atomic E-state index is 0.0911. The first kappa shape index (κ1) is 24.2. The molecule has 9 nitrogen and oxygen atoms in total. The highest BCUT2D eigenvalue weighted by Crippen LogP contribution is 2.41. The number of aromatic nitrogens is 5. The lowest BCUT2D eigenvalue weighted by atomic mass is 10.1. The number of anilines is 2. The number of alkyl halides is 2. The molecule has 2 aliphatic rings. The van der Waals surface area contributed by atoms with Gasteiger partial charge in [0.2, 0.25) is 5.95 Å². The molecular weight excluding hydrogens is 494 g/mol. The maximum atomic E-state index is 14.4. The Balaban J connectivity index is 1.34. The highest BCUT2D eigenvalue weighted by atomic mass is 19.3. The predicted molar refractivity (Wildman–Crippen MR) is 136 cm³/mol. The number of aryl methyl sites for hydroxylation is 2. The van der Waals surface area contributed by atoms with Crippen LogP contribution in [0.25, 0.3) is 11.2 Å². The summed E-state index contributed by atoms with van der Waals surface area (Å²) in [6.45, 7) is 0. The molecule has 196 valence electrons. The molecule has 11 heteroatoms. The molecular formula is C27H26F2N6O3. The van der Waals surface area contributed by atoms with Crippen LogP contribution >= 0.6 is 0 Å². The van der Waals surface area contributed by atoms with E-state index in [-0.39, 0.29) is 57.9 Å². The summed E-state index contributed by atoms with van der Waals surface area (Å²) in [5.74, 6) is 1.01. The Morgan fingerprint density at radius 3 is 2.68 bits per heavy atom. The zero-order valence-corrected chi connectivity index (χ0v) is 20.9. The molecule has 2 aliphatic carbocycles. The Labute approximate surface area is 216 Å². The highest BCUT2D eigenvalue weighted by Gasteiger charge is 2.30. The van der Waals surface area contributed by atoms with E-state index in [2.05, 4.69) is 20.3 Å². The lowest BCUT2D eigenvalue weighted by Gasteiger charge is -2.13. The maximum absolute atomic E-state index is 14.4. The van der Waals surface area contributed by atoms with Crippen LogP contribution in [0.5, 0.6) is 11.5 Å². The number of carbonyl (C=O) groups is 1. The second kappa shape index (κ2) is 9.30. The van der Waals surface area contributed by atoms with Crippen LogP contribution < -0.4 is 15.6 Å². The average Bonchev–Trinajstić information content (AvgIpc) is 3.80. The van der Waals surface area contributed by atoms with E-state index in [1.165, 1.54) is 21.5 Å². The van der Waals surface area contributed by atoms with Gasteiger partial charge in [0, 0.05) is 44.9 Å². The minimum Gasteiger partial charge on any atom is -0.455 e. The molecule has 0 saturated heterocycles. The van der Waals surface area contributed by atoms with E-state index >= 15 is 0 Å². The fourth-order valence-corrected chi connectivity index (χ4v) is 4.64. The number of hydrogen-bond donors (Lipinski definition) is 1. The molecule has 1 N–H and O–H groups in total. The van der Waals surface area contributed by atoms with E-state index in [1.807, 2.05) is 6.20 Å². The number of nitrogens with one attached hydrogen (secondary N) is 1. The number of pyridine rings is 3. The van der Waals surface area contributed by atoms with Crippen LogP contribution in [0.3, 0.4) is 0 Å².